The van der Waals surface area contributed by atoms with E-state index in [4.69, 9.17) is 0 Å². The number of benzene rings is 1. The van der Waals surface area contributed by atoms with Crippen LogP contribution >= 0.6 is 11.5 Å². The minimum Gasteiger partial charge on any atom is -0.383 e. The lowest BCUT2D eigenvalue weighted by Crippen LogP contribution is -2.31. The van der Waals surface area contributed by atoms with Crippen molar-refractivity contribution in [2.75, 3.05) is 11.9 Å². The second kappa shape index (κ2) is 5.89. The Morgan fingerprint density at radius 1 is 1.23 bits per heavy atom. The van der Waals surface area contributed by atoms with Crippen LogP contribution in [0.4, 0.5) is 13.9 Å². The Morgan fingerprint density at radius 2 is 1.91 bits per heavy atom. The number of halogens is 2. The number of nitrogens with one attached hydrogen (secondary N) is 1. The molecular formula is C15H19F2N3OS. The lowest BCUT2D eigenvalue weighted by molar-refractivity contribution is 0.0674. The zero-order valence-electron chi connectivity index (χ0n) is 12.9. The number of hydrogen-bond donors (Lipinski definition) is 2. The van der Waals surface area contributed by atoms with Crippen molar-refractivity contribution >= 4 is 16.7 Å². The summed E-state index contributed by atoms with van der Waals surface area (Å²) in [5, 5.41) is 13.9. The molecule has 0 spiro atoms. The molecule has 0 saturated carbocycles. The van der Waals surface area contributed by atoms with E-state index in [0.717, 1.165) is 12.1 Å². The van der Waals surface area contributed by atoms with Gasteiger partial charge in [-0.25, -0.2) is 13.8 Å². The molecule has 1 atom stereocenters. The molecule has 1 aromatic carbocycles. The topological polar surface area (TPSA) is 58.0 Å². The molecule has 1 unspecified atom stereocenters. The van der Waals surface area contributed by atoms with Crippen molar-refractivity contribution in [2.24, 2.45) is 0 Å². The molecule has 0 aliphatic carbocycles. The van der Waals surface area contributed by atoms with Crippen LogP contribution < -0.4 is 5.32 Å². The smallest absolute Gasteiger partial charge is 0.202 e. The molecule has 0 aliphatic rings. The second-order valence-electron chi connectivity index (χ2n) is 6.42. The van der Waals surface area contributed by atoms with Crippen LogP contribution in [0.2, 0.25) is 0 Å². The first-order chi connectivity index (χ1) is 10.1. The maximum Gasteiger partial charge on any atom is 0.202 e. The Bertz CT molecular complexity index is 665. The van der Waals surface area contributed by atoms with Gasteiger partial charge in [0.05, 0.1) is 0 Å². The third kappa shape index (κ3) is 3.78. The minimum absolute atomic E-state index is 0.0296. The van der Waals surface area contributed by atoms with Gasteiger partial charge in [-0.1, -0.05) is 26.8 Å². The lowest BCUT2D eigenvalue weighted by Gasteiger charge is -2.24. The Labute approximate surface area is 132 Å². The zero-order valence-corrected chi connectivity index (χ0v) is 13.8. The SMILES string of the molecule is CC(C)(C)c1nsc(NCC(C)(O)c2ccc(F)cc2F)n1. The van der Waals surface area contributed by atoms with Gasteiger partial charge in [0.15, 0.2) is 0 Å². The van der Waals surface area contributed by atoms with Crippen molar-refractivity contribution in [1.29, 1.82) is 0 Å². The number of nitrogens with zero attached hydrogens (tertiary/aromatic N) is 2. The van der Waals surface area contributed by atoms with E-state index in [1.165, 1.54) is 24.5 Å². The van der Waals surface area contributed by atoms with E-state index in [-0.39, 0.29) is 17.5 Å². The quantitative estimate of drug-likeness (QED) is 0.903. The Hall–Kier alpha value is -1.60. The molecule has 2 aromatic rings. The highest BCUT2D eigenvalue weighted by atomic mass is 32.1. The van der Waals surface area contributed by atoms with E-state index in [1.54, 1.807) is 0 Å². The molecule has 22 heavy (non-hydrogen) atoms. The molecule has 7 heteroatoms. The summed E-state index contributed by atoms with van der Waals surface area (Å²) in [6.45, 7) is 7.50. The van der Waals surface area contributed by atoms with Crippen LogP contribution in [-0.2, 0) is 11.0 Å². The minimum atomic E-state index is -1.49. The fourth-order valence-electron chi connectivity index (χ4n) is 1.87. The molecule has 1 heterocycles. The molecule has 0 aliphatic heterocycles. The fraction of sp³-hybridized carbons (Fsp3) is 0.467. The van der Waals surface area contributed by atoms with Gasteiger partial charge in [-0.05, 0) is 13.0 Å². The highest BCUT2D eigenvalue weighted by Gasteiger charge is 2.27. The summed E-state index contributed by atoms with van der Waals surface area (Å²) in [7, 11) is 0. The highest BCUT2D eigenvalue weighted by molar-refractivity contribution is 7.09. The average Bonchev–Trinajstić information content (AvgIpc) is 2.84. The molecule has 2 N–H and O–H groups in total. The fourth-order valence-corrected chi connectivity index (χ4v) is 2.62. The summed E-state index contributed by atoms with van der Waals surface area (Å²) in [5.74, 6) is -0.754. The van der Waals surface area contributed by atoms with Crippen molar-refractivity contribution in [3.8, 4) is 0 Å². The molecule has 2 rings (SSSR count). The Morgan fingerprint density at radius 3 is 2.45 bits per heavy atom. The molecule has 0 fully saturated rings. The number of hydrogen-bond acceptors (Lipinski definition) is 5. The van der Waals surface area contributed by atoms with Gasteiger partial charge in [-0.3, -0.25) is 0 Å². The highest BCUT2D eigenvalue weighted by Crippen LogP contribution is 2.27. The number of rotatable bonds is 4. The van der Waals surface area contributed by atoms with Crippen molar-refractivity contribution in [2.45, 2.75) is 38.7 Å². The largest absolute Gasteiger partial charge is 0.383 e. The van der Waals surface area contributed by atoms with Crippen LogP contribution in [0.25, 0.3) is 0 Å². The van der Waals surface area contributed by atoms with Crippen LogP contribution in [0, 0.1) is 11.6 Å². The van der Waals surface area contributed by atoms with Crippen molar-refractivity contribution < 1.29 is 13.9 Å². The first-order valence-electron chi connectivity index (χ1n) is 6.85. The van der Waals surface area contributed by atoms with Gasteiger partial charge in [0, 0.05) is 35.1 Å². The summed E-state index contributed by atoms with van der Waals surface area (Å²) in [6, 6.07) is 3.12. The van der Waals surface area contributed by atoms with Crippen LogP contribution in [0.15, 0.2) is 18.2 Å². The molecule has 0 saturated heterocycles. The molecule has 0 radical (unpaired) electrons. The molecule has 120 valence electrons. The first-order valence-corrected chi connectivity index (χ1v) is 7.63. The van der Waals surface area contributed by atoms with Crippen LogP contribution in [0.5, 0.6) is 0 Å². The maximum atomic E-state index is 13.8. The molecule has 0 bridgehead atoms. The third-order valence-corrected chi connectivity index (χ3v) is 3.86. The monoisotopic (exact) mass is 327 g/mol. The molecule has 1 aromatic heterocycles. The standard InChI is InChI=1S/C15H19F2N3OS/c1-14(2,3)12-19-13(22-20-12)18-8-15(4,21)10-6-5-9(16)7-11(10)17/h5-7,21H,8H2,1-4H3,(H,18,19,20). The third-order valence-electron chi connectivity index (χ3n) is 3.19. The van der Waals surface area contributed by atoms with Gasteiger partial charge in [0.1, 0.15) is 23.1 Å². The van der Waals surface area contributed by atoms with Gasteiger partial charge in [0.25, 0.3) is 0 Å². The van der Waals surface area contributed by atoms with E-state index in [1.807, 2.05) is 20.8 Å². The Kier molecular flexibility index (Phi) is 4.49. The van der Waals surface area contributed by atoms with E-state index in [2.05, 4.69) is 14.7 Å². The van der Waals surface area contributed by atoms with Crippen LogP contribution in [0.1, 0.15) is 39.1 Å². The van der Waals surface area contributed by atoms with Crippen LogP contribution in [0.3, 0.4) is 0 Å². The lowest BCUT2D eigenvalue weighted by atomic mass is 9.95. The number of aliphatic hydroxyl groups is 1. The Balaban J connectivity index is 2.11. The summed E-state index contributed by atoms with van der Waals surface area (Å²) in [6.07, 6.45) is 0. The van der Waals surface area contributed by atoms with Gasteiger partial charge in [-0.15, -0.1) is 0 Å². The summed E-state index contributed by atoms with van der Waals surface area (Å²) < 4.78 is 31.0. The molecule has 4 nitrogen and oxygen atoms in total. The maximum absolute atomic E-state index is 13.8. The van der Waals surface area contributed by atoms with Crippen molar-refractivity contribution in [1.82, 2.24) is 9.36 Å². The van der Waals surface area contributed by atoms with Crippen LogP contribution in [-0.4, -0.2) is 21.0 Å². The van der Waals surface area contributed by atoms with Gasteiger partial charge in [0.2, 0.25) is 5.13 Å². The zero-order chi connectivity index (χ0) is 16.5. The number of aromatic nitrogens is 2. The summed E-state index contributed by atoms with van der Waals surface area (Å²) in [5.41, 5.74) is -1.63. The first kappa shape index (κ1) is 16.8. The predicted octanol–water partition coefficient (Wildman–Crippen LogP) is 3.43. The van der Waals surface area contributed by atoms with Gasteiger partial charge >= 0.3 is 0 Å². The van der Waals surface area contributed by atoms with Gasteiger partial charge < -0.3 is 10.4 Å². The normalized spacial score (nSPS) is 14.7. The molecular weight excluding hydrogens is 308 g/mol. The summed E-state index contributed by atoms with van der Waals surface area (Å²) in [4.78, 5) is 4.35. The van der Waals surface area contributed by atoms with E-state index < -0.39 is 17.2 Å². The second-order valence-corrected chi connectivity index (χ2v) is 7.18. The predicted molar refractivity (Wildman–Crippen MR) is 83.0 cm³/mol. The number of anilines is 1. The van der Waals surface area contributed by atoms with Crippen molar-refractivity contribution in [3.05, 3.63) is 41.2 Å². The van der Waals surface area contributed by atoms with Crippen molar-refractivity contribution in [3.63, 3.8) is 0 Å². The van der Waals surface area contributed by atoms with E-state index in [0.29, 0.717) is 11.0 Å². The van der Waals surface area contributed by atoms with E-state index in [9.17, 15) is 13.9 Å². The van der Waals surface area contributed by atoms with Gasteiger partial charge in [-0.2, -0.15) is 4.37 Å². The average molecular weight is 327 g/mol. The van der Waals surface area contributed by atoms with E-state index >= 15 is 0 Å². The molecule has 0 amide bonds. The summed E-state index contributed by atoms with van der Waals surface area (Å²) >= 11 is 1.18.